The van der Waals surface area contributed by atoms with Gasteiger partial charge in [-0.25, -0.2) is 4.39 Å². The van der Waals surface area contributed by atoms with Crippen molar-refractivity contribution in [1.29, 1.82) is 0 Å². The minimum absolute atomic E-state index is 0.0988. The molecule has 0 aliphatic carbocycles. The number of hydrogen-bond donors (Lipinski definition) is 1. The Morgan fingerprint density at radius 1 is 1.50 bits per heavy atom. The van der Waals surface area contributed by atoms with Crippen molar-refractivity contribution in [2.75, 3.05) is 5.73 Å². The quantitative estimate of drug-likeness (QED) is 0.513. The van der Waals surface area contributed by atoms with E-state index in [1.165, 1.54) is 19.1 Å². The topological polar surface area (TPSA) is 43.1 Å². The first-order chi connectivity index (χ1) is 5.54. The lowest BCUT2D eigenvalue weighted by molar-refractivity contribution is 0.101. The molecule has 0 spiro atoms. The van der Waals surface area contributed by atoms with Crippen molar-refractivity contribution in [3.63, 3.8) is 0 Å². The zero-order chi connectivity index (χ0) is 9.30. The summed E-state index contributed by atoms with van der Waals surface area (Å²) in [6, 6.07) is 2.94. The fraction of sp³-hybridized carbons (Fsp3) is 0.222. The molecule has 0 aromatic heterocycles. The highest BCUT2D eigenvalue weighted by molar-refractivity contribution is 5.95. The van der Waals surface area contributed by atoms with E-state index in [-0.39, 0.29) is 11.3 Å². The van der Waals surface area contributed by atoms with Crippen LogP contribution in [0.2, 0.25) is 0 Å². The summed E-state index contributed by atoms with van der Waals surface area (Å²) < 4.78 is 13.2. The third kappa shape index (κ3) is 1.30. The van der Waals surface area contributed by atoms with Crippen LogP contribution in [0, 0.1) is 12.7 Å². The van der Waals surface area contributed by atoms with Gasteiger partial charge in [-0.05, 0) is 26.0 Å². The second-order valence-electron chi connectivity index (χ2n) is 2.70. The molecule has 1 aromatic rings. The van der Waals surface area contributed by atoms with Crippen LogP contribution in [-0.4, -0.2) is 5.78 Å². The molecule has 0 heterocycles. The molecule has 3 heteroatoms. The average molecular weight is 167 g/mol. The molecular weight excluding hydrogens is 157 g/mol. The second-order valence-corrected chi connectivity index (χ2v) is 2.70. The van der Waals surface area contributed by atoms with Crippen LogP contribution in [-0.2, 0) is 0 Å². The van der Waals surface area contributed by atoms with Gasteiger partial charge in [0.05, 0.1) is 5.56 Å². The van der Waals surface area contributed by atoms with Crippen LogP contribution >= 0.6 is 0 Å². The molecule has 2 N–H and O–H groups in total. The van der Waals surface area contributed by atoms with Gasteiger partial charge in [-0.1, -0.05) is 0 Å². The Bertz CT molecular complexity index is 334. The molecule has 2 nitrogen and oxygen atoms in total. The number of carbonyl (C=O) groups excluding carboxylic acids is 1. The molecule has 1 aromatic carbocycles. The molecule has 12 heavy (non-hydrogen) atoms. The summed E-state index contributed by atoms with van der Waals surface area (Å²) in [5.41, 5.74) is 6.25. The third-order valence-electron chi connectivity index (χ3n) is 1.81. The Kier molecular flexibility index (Phi) is 2.13. The van der Waals surface area contributed by atoms with Crippen LogP contribution in [0.15, 0.2) is 12.1 Å². The van der Waals surface area contributed by atoms with Gasteiger partial charge in [-0.3, -0.25) is 4.79 Å². The highest BCUT2D eigenvalue weighted by Crippen LogP contribution is 2.18. The van der Waals surface area contributed by atoms with Crippen molar-refractivity contribution >= 4 is 11.5 Å². The fourth-order valence-corrected chi connectivity index (χ4v) is 0.972. The number of benzene rings is 1. The summed E-state index contributed by atoms with van der Waals surface area (Å²) >= 11 is 0. The number of Topliss-reactive ketones (excluding diaryl/α,β-unsaturated/α-hetero) is 1. The van der Waals surface area contributed by atoms with E-state index in [0.717, 1.165) is 0 Å². The van der Waals surface area contributed by atoms with Gasteiger partial charge < -0.3 is 5.73 Å². The summed E-state index contributed by atoms with van der Waals surface area (Å²) in [4.78, 5) is 10.8. The predicted octanol–water partition coefficient (Wildman–Crippen LogP) is 1.92. The van der Waals surface area contributed by atoms with Gasteiger partial charge in [0.2, 0.25) is 0 Å². The van der Waals surface area contributed by atoms with Crippen molar-refractivity contribution in [3.8, 4) is 0 Å². The average Bonchev–Trinajstić information content (AvgIpc) is 2.00. The van der Waals surface area contributed by atoms with Gasteiger partial charge in [-0.2, -0.15) is 0 Å². The highest BCUT2D eigenvalue weighted by atomic mass is 19.1. The van der Waals surface area contributed by atoms with Gasteiger partial charge in [0.1, 0.15) is 5.82 Å². The van der Waals surface area contributed by atoms with Gasteiger partial charge >= 0.3 is 0 Å². The Balaban J connectivity index is 3.36. The molecule has 64 valence electrons. The number of nitrogen functional groups attached to an aromatic ring is 1. The number of rotatable bonds is 1. The van der Waals surface area contributed by atoms with E-state index in [4.69, 9.17) is 5.73 Å². The minimum atomic E-state index is -0.512. The molecule has 0 fully saturated rings. The van der Waals surface area contributed by atoms with Gasteiger partial charge in [0.25, 0.3) is 0 Å². The lowest BCUT2D eigenvalue weighted by Gasteiger charge is -2.04. The Morgan fingerprint density at radius 2 is 2.08 bits per heavy atom. The monoisotopic (exact) mass is 167 g/mol. The Hall–Kier alpha value is -1.38. The second kappa shape index (κ2) is 2.93. The fourth-order valence-electron chi connectivity index (χ4n) is 0.972. The Morgan fingerprint density at radius 3 is 2.58 bits per heavy atom. The number of anilines is 1. The van der Waals surface area contributed by atoms with Gasteiger partial charge in [0.15, 0.2) is 5.78 Å². The summed E-state index contributed by atoms with van der Waals surface area (Å²) in [5, 5.41) is 0. The number of carbonyl (C=O) groups is 1. The minimum Gasteiger partial charge on any atom is -0.398 e. The van der Waals surface area contributed by atoms with E-state index in [9.17, 15) is 9.18 Å². The lowest BCUT2D eigenvalue weighted by Crippen LogP contribution is -2.01. The van der Waals surface area contributed by atoms with Crippen LogP contribution in [0.5, 0.6) is 0 Å². The maximum atomic E-state index is 13.2. The molecule has 1 rings (SSSR count). The number of ketones is 1. The van der Waals surface area contributed by atoms with Crippen molar-refractivity contribution in [2.24, 2.45) is 0 Å². The van der Waals surface area contributed by atoms with Crippen LogP contribution in [0.3, 0.4) is 0 Å². The van der Waals surface area contributed by atoms with E-state index in [1.54, 1.807) is 6.92 Å². The largest absolute Gasteiger partial charge is 0.398 e. The predicted molar refractivity (Wildman–Crippen MR) is 45.6 cm³/mol. The van der Waals surface area contributed by atoms with Crippen LogP contribution < -0.4 is 5.73 Å². The molecule has 0 unspecified atom stereocenters. The van der Waals surface area contributed by atoms with Gasteiger partial charge in [-0.15, -0.1) is 0 Å². The van der Waals surface area contributed by atoms with Crippen LogP contribution in [0.1, 0.15) is 22.8 Å². The third-order valence-corrected chi connectivity index (χ3v) is 1.81. The first kappa shape index (κ1) is 8.71. The van der Waals surface area contributed by atoms with Crippen molar-refractivity contribution in [2.45, 2.75) is 13.8 Å². The van der Waals surface area contributed by atoms with Gasteiger partial charge in [0, 0.05) is 11.3 Å². The van der Waals surface area contributed by atoms with E-state index in [2.05, 4.69) is 0 Å². The molecule has 0 atom stereocenters. The zero-order valence-corrected chi connectivity index (χ0v) is 7.02. The van der Waals surface area contributed by atoms with Crippen LogP contribution in [0.4, 0.5) is 10.1 Å². The lowest BCUT2D eigenvalue weighted by atomic mass is 10.1. The number of nitrogens with two attached hydrogens (primary N) is 1. The Labute approximate surface area is 70.2 Å². The van der Waals surface area contributed by atoms with E-state index < -0.39 is 5.82 Å². The summed E-state index contributed by atoms with van der Waals surface area (Å²) in [6.45, 7) is 2.88. The van der Waals surface area contributed by atoms with Crippen molar-refractivity contribution in [1.82, 2.24) is 0 Å². The summed E-state index contributed by atoms with van der Waals surface area (Å²) in [6.07, 6.45) is 0. The van der Waals surface area contributed by atoms with E-state index in [1.807, 2.05) is 0 Å². The molecule has 0 saturated carbocycles. The first-order valence-electron chi connectivity index (χ1n) is 3.59. The maximum absolute atomic E-state index is 13.2. The molecule has 0 amide bonds. The molecule has 0 saturated heterocycles. The van der Waals surface area contributed by atoms with Crippen molar-refractivity contribution < 1.29 is 9.18 Å². The first-order valence-corrected chi connectivity index (χ1v) is 3.59. The normalized spacial score (nSPS) is 9.92. The maximum Gasteiger partial charge on any atom is 0.162 e. The zero-order valence-electron chi connectivity index (χ0n) is 7.02. The molecular formula is C9H10FNO. The molecule has 0 aliphatic heterocycles. The van der Waals surface area contributed by atoms with Crippen LogP contribution in [0.25, 0.3) is 0 Å². The van der Waals surface area contributed by atoms with E-state index >= 15 is 0 Å². The highest BCUT2D eigenvalue weighted by Gasteiger charge is 2.10. The molecule has 0 radical (unpaired) electrons. The summed E-state index contributed by atoms with van der Waals surface area (Å²) in [7, 11) is 0. The number of hydrogen-bond acceptors (Lipinski definition) is 2. The standard InChI is InChI=1S/C9H10FNO/c1-5-8(11)4-3-7(6(2)12)9(5)10/h3-4H,11H2,1-2H3. The molecule has 0 bridgehead atoms. The SMILES string of the molecule is CC(=O)c1ccc(N)c(C)c1F. The number of halogens is 1. The van der Waals surface area contributed by atoms with Crippen molar-refractivity contribution in [3.05, 3.63) is 29.1 Å². The van der Waals surface area contributed by atoms with E-state index in [0.29, 0.717) is 11.3 Å². The smallest absolute Gasteiger partial charge is 0.162 e. The summed E-state index contributed by atoms with van der Waals surface area (Å²) in [5.74, 6) is -0.793. The molecule has 0 aliphatic rings.